The highest BCUT2D eigenvalue weighted by Gasteiger charge is 2.20. The minimum Gasteiger partial charge on any atom is -0.497 e. The van der Waals surface area contributed by atoms with Crippen LogP contribution in [-0.4, -0.2) is 36.1 Å². The van der Waals surface area contributed by atoms with E-state index >= 15 is 0 Å². The molecule has 0 radical (unpaired) electrons. The molecule has 6 nitrogen and oxygen atoms in total. The smallest absolute Gasteiger partial charge is 0.274 e. The zero-order valence-corrected chi connectivity index (χ0v) is 15.0. The van der Waals surface area contributed by atoms with Crippen molar-refractivity contribution in [1.82, 2.24) is 9.97 Å². The highest BCUT2D eigenvalue weighted by molar-refractivity contribution is 6.03. The summed E-state index contributed by atoms with van der Waals surface area (Å²) in [6.07, 6.45) is 2.26. The Kier molecular flexibility index (Phi) is 5.16. The van der Waals surface area contributed by atoms with E-state index in [4.69, 9.17) is 4.74 Å². The number of carbonyl (C=O) groups is 1. The molecule has 1 amide bonds. The number of hydrogen-bond acceptors (Lipinski definition) is 5. The highest BCUT2D eigenvalue weighted by Crippen LogP contribution is 2.21. The van der Waals surface area contributed by atoms with Gasteiger partial charge in [0.05, 0.1) is 7.11 Å². The largest absolute Gasteiger partial charge is 0.497 e. The summed E-state index contributed by atoms with van der Waals surface area (Å²) in [4.78, 5) is 23.8. The van der Waals surface area contributed by atoms with Crippen LogP contribution in [-0.2, 0) is 0 Å². The number of carbonyl (C=O) groups excluding carboxylic acids is 1. The molecule has 1 fully saturated rings. The van der Waals surface area contributed by atoms with Crippen molar-refractivity contribution in [3.8, 4) is 5.75 Å². The number of nitrogens with one attached hydrogen (secondary N) is 1. The fourth-order valence-electron chi connectivity index (χ4n) is 2.92. The number of anilines is 2. The number of hydrogen-bond donors (Lipinski definition) is 1. The lowest BCUT2D eigenvalue weighted by molar-refractivity contribution is 0.102. The number of aromatic nitrogens is 2. The van der Waals surface area contributed by atoms with Crippen molar-refractivity contribution in [3.05, 3.63) is 41.7 Å². The number of benzene rings is 1. The van der Waals surface area contributed by atoms with E-state index in [1.807, 2.05) is 25.1 Å². The minimum atomic E-state index is -0.245. The van der Waals surface area contributed by atoms with Gasteiger partial charge in [-0.3, -0.25) is 4.79 Å². The molecule has 0 aliphatic carbocycles. The Morgan fingerprint density at radius 2 is 2.00 bits per heavy atom. The van der Waals surface area contributed by atoms with Gasteiger partial charge in [-0.1, -0.05) is 13.0 Å². The third-order valence-corrected chi connectivity index (χ3v) is 4.47. The van der Waals surface area contributed by atoms with E-state index < -0.39 is 0 Å². The van der Waals surface area contributed by atoms with E-state index in [-0.39, 0.29) is 5.91 Å². The van der Waals surface area contributed by atoms with Gasteiger partial charge in [0.25, 0.3) is 5.91 Å². The number of ether oxygens (including phenoxy) is 1. The van der Waals surface area contributed by atoms with E-state index in [0.717, 1.165) is 37.5 Å². The van der Waals surface area contributed by atoms with E-state index in [9.17, 15) is 4.79 Å². The van der Waals surface area contributed by atoms with Crippen LogP contribution in [0.2, 0.25) is 0 Å². The van der Waals surface area contributed by atoms with Crippen molar-refractivity contribution in [2.45, 2.75) is 26.7 Å². The average Bonchev–Trinajstić information content (AvgIpc) is 2.62. The molecule has 1 aromatic carbocycles. The summed E-state index contributed by atoms with van der Waals surface area (Å²) in [5.74, 6) is 1.82. The summed E-state index contributed by atoms with van der Waals surface area (Å²) in [6.45, 7) is 6.02. The Morgan fingerprint density at radius 3 is 2.72 bits per heavy atom. The van der Waals surface area contributed by atoms with Crippen LogP contribution in [0.4, 0.5) is 11.6 Å². The van der Waals surface area contributed by atoms with Gasteiger partial charge < -0.3 is 15.0 Å². The molecular weight excluding hydrogens is 316 g/mol. The Balaban J connectivity index is 1.78. The number of aryl methyl sites for hydroxylation is 1. The first-order chi connectivity index (χ1) is 12.0. The Hall–Kier alpha value is -2.63. The van der Waals surface area contributed by atoms with E-state index in [2.05, 4.69) is 27.1 Å². The van der Waals surface area contributed by atoms with Gasteiger partial charge in [-0.2, -0.15) is 0 Å². The number of piperidine rings is 1. The second-order valence-electron chi connectivity index (χ2n) is 6.55. The molecule has 132 valence electrons. The van der Waals surface area contributed by atoms with Crippen LogP contribution in [0.25, 0.3) is 0 Å². The van der Waals surface area contributed by atoms with Crippen molar-refractivity contribution < 1.29 is 9.53 Å². The molecule has 0 unspecified atom stereocenters. The third kappa shape index (κ3) is 4.26. The van der Waals surface area contributed by atoms with Crippen LogP contribution in [0.15, 0.2) is 30.3 Å². The van der Waals surface area contributed by atoms with Crippen LogP contribution >= 0.6 is 0 Å². The first-order valence-electron chi connectivity index (χ1n) is 8.61. The van der Waals surface area contributed by atoms with Gasteiger partial charge in [-0.05, 0) is 43.9 Å². The summed E-state index contributed by atoms with van der Waals surface area (Å²) < 4.78 is 5.18. The SMILES string of the molecule is COc1cccc(NC(=O)c2cc(C)nc(N3CCC(C)CC3)n2)c1. The molecule has 0 saturated carbocycles. The molecule has 2 aromatic rings. The highest BCUT2D eigenvalue weighted by atomic mass is 16.5. The summed E-state index contributed by atoms with van der Waals surface area (Å²) in [5.41, 5.74) is 1.84. The molecule has 0 atom stereocenters. The molecule has 1 saturated heterocycles. The molecular formula is C19H24N4O2. The van der Waals surface area contributed by atoms with E-state index in [1.54, 1.807) is 19.2 Å². The van der Waals surface area contributed by atoms with Gasteiger partial charge in [0.1, 0.15) is 11.4 Å². The first-order valence-corrected chi connectivity index (χ1v) is 8.61. The number of methoxy groups -OCH3 is 1. The van der Waals surface area contributed by atoms with Crippen LogP contribution in [0.5, 0.6) is 5.75 Å². The summed E-state index contributed by atoms with van der Waals surface area (Å²) in [6, 6.07) is 8.98. The van der Waals surface area contributed by atoms with Crippen molar-refractivity contribution in [2.75, 3.05) is 30.4 Å². The van der Waals surface area contributed by atoms with Crippen LogP contribution in [0.1, 0.15) is 35.9 Å². The maximum absolute atomic E-state index is 12.6. The second-order valence-corrected chi connectivity index (χ2v) is 6.55. The van der Waals surface area contributed by atoms with Crippen molar-refractivity contribution in [3.63, 3.8) is 0 Å². The molecule has 2 heterocycles. The monoisotopic (exact) mass is 340 g/mol. The summed E-state index contributed by atoms with van der Waals surface area (Å²) in [7, 11) is 1.60. The second kappa shape index (κ2) is 7.51. The normalized spacial score (nSPS) is 15.1. The maximum atomic E-state index is 12.6. The first kappa shape index (κ1) is 17.2. The predicted octanol–water partition coefficient (Wildman–Crippen LogP) is 3.28. The maximum Gasteiger partial charge on any atom is 0.274 e. The fourth-order valence-corrected chi connectivity index (χ4v) is 2.92. The van der Waals surface area contributed by atoms with Gasteiger partial charge in [-0.25, -0.2) is 9.97 Å². The van der Waals surface area contributed by atoms with Gasteiger partial charge in [0.15, 0.2) is 0 Å². The zero-order valence-electron chi connectivity index (χ0n) is 15.0. The molecule has 1 aliphatic rings. The molecule has 0 bridgehead atoms. The lowest BCUT2D eigenvalue weighted by Gasteiger charge is -2.30. The molecule has 25 heavy (non-hydrogen) atoms. The third-order valence-electron chi connectivity index (χ3n) is 4.47. The van der Waals surface area contributed by atoms with Crippen LogP contribution in [0.3, 0.4) is 0 Å². The van der Waals surface area contributed by atoms with E-state index in [1.165, 1.54) is 0 Å². The van der Waals surface area contributed by atoms with Crippen LogP contribution < -0.4 is 15.0 Å². The summed E-state index contributed by atoms with van der Waals surface area (Å²) in [5, 5.41) is 2.87. The number of rotatable bonds is 4. The quantitative estimate of drug-likeness (QED) is 0.925. The Bertz CT molecular complexity index is 755. The van der Waals surface area contributed by atoms with Crippen molar-refractivity contribution in [1.29, 1.82) is 0 Å². The van der Waals surface area contributed by atoms with Gasteiger partial charge in [0.2, 0.25) is 5.95 Å². The molecule has 0 spiro atoms. The lowest BCUT2D eigenvalue weighted by Crippen LogP contribution is -2.34. The van der Waals surface area contributed by atoms with Crippen LogP contribution in [0, 0.1) is 12.8 Å². The Labute approximate surface area is 148 Å². The molecule has 6 heteroatoms. The van der Waals surface area contributed by atoms with Gasteiger partial charge >= 0.3 is 0 Å². The molecule has 1 N–H and O–H groups in total. The molecule has 1 aromatic heterocycles. The molecule has 1 aliphatic heterocycles. The van der Waals surface area contributed by atoms with Crippen molar-refractivity contribution in [2.24, 2.45) is 5.92 Å². The topological polar surface area (TPSA) is 67.3 Å². The van der Waals surface area contributed by atoms with Gasteiger partial charge in [-0.15, -0.1) is 0 Å². The Morgan fingerprint density at radius 1 is 1.24 bits per heavy atom. The number of amides is 1. The average molecular weight is 340 g/mol. The van der Waals surface area contributed by atoms with E-state index in [0.29, 0.717) is 23.1 Å². The minimum absolute atomic E-state index is 0.245. The lowest BCUT2D eigenvalue weighted by atomic mass is 10.00. The van der Waals surface area contributed by atoms with Gasteiger partial charge in [0, 0.05) is 30.5 Å². The van der Waals surface area contributed by atoms with Crippen molar-refractivity contribution >= 4 is 17.5 Å². The predicted molar refractivity (Wildman–Crippen MR) is 98.3 cm³/mol. The number of nitrogens with zero attached hydrogens (tertiary/aromatic N) is 3. The standard InChI is InChI=1S/C19H24N4O2/c1-13-7-9-23(10-8-13)19-20-14(2)11-17(22-19)18(24)21-15-5-4-6-16(12-15)25-3/h4-6,11-13H,7-10H2,1-3H3,(H,21,24). The zero-order chi connectivity index (χ0) is 17.8. The fraction of sp³-hybridized carbons (Fsp3) is 0.421. The summed E-state index contributed by atoms with van der Waals surface area (Å²) >= 11 is 0. The molecule has 3 rings (SSSR count).